The second kappa shape index (κ2) is 15.2. The van der Waals surface area contributed by atoms with Crippen LogP contribution in [-0.2, 0) is 44.9 Å². The predicted octanol–water partition coefficient (Wildman–Crippen LogP) is 6.09. The second-order valence-corrected chi connectivity index (χ2v) is 19.9. The molecule has 1 fully saturated rings. The first-order chi connectivity index (χ1) is 24.3. The first-order valence-electron chi connectivity index (χ1n) is 17.5. The number of benzene rings is 2. The molecule has 2 aromatic rings. The van der Waals surface area contributed by atoms with Crippen LogP contribution in [0.3, 0.4) is 0 Å². The monoisotopic (exact) mass is 739 g/mol. The second-order valence-electron chi connectivity index (χ2n) is 13.3. The molecule has 2 aromatic carbocycles. The Morgan fingerprint density at radius 1 is 1.02 bits per heavy atom. The summed E-state index contributed by atoms with van der Waals surface area (Å²) in [7, 11) is -4.40. The number of hydrogen-bond donors (Lipinski definition) is 0. The van der Waals surface area contributed by atoms with Gasteiger partial charge < -0.3 is 23.5 Å². The van der Waals surface area contributed by atoms with Gasteiger partial charge in [0.15, 0.2) is 8.32 Å². The van der Waals surface area contributed by atoms with E-state index < -0.39 is 60.5 Å². The molecule has 0 radical (unpaired) electrons. The van der Waals surface area contributed by atoms with E-state index in [-0.39, 0.29) is 25.5 Å². The number of carbonyl (C=O) groups excluding carboxylic acids is 3. The summed E-state index contributed by atoms with van der Waals surface area (Å²) in [5, 5.41) is 1.64. The fourth-order valence-corrected chi connectivity index (χ4v) is 11.7. The molecule has 0 unspecified atom stereocenters. The molecule has 276 valence electrons. The Kier molecular flexibility index (Phi) is 11.4. The highest BCUT2D eigenvalue weighted by Crippen LogP contribution is 2.50. The number of β-lactam (4-membered cyclic amide) rings is 1. The van der Waals surface area contributed by atoms with Gasteiger partial charge in [-0.05, 0) is 60.1 Å². The molecule has 4 atom stereocenters. The number of ether oxygens (including phenoxy) is 3. The minimum absolute atomic E-state index is 0.00549. The van der Waals surface area contributed by atoms with Crippen LogP contribution in [0.2, 0.25) is 18.1 Å². The van der Waals surface area contributed by atoms with Crippen molar-refractivity contribution in [3.05, 3.63) is 72.5 Å². The molecule has 0 aromatic heterocycles. The molecule has 0 spiro atoms. The molecule has 5 rings (SSSR count). The van der Waals surface area contributed by atoms with E-state index in [1.54, 1.807) is 13.0 Å². The van der Waals surface area contributed by atoms with Crippen molar-refractivity contribution in [1.82, 2.24) is 4.90 Å². The zero-order chi connectivity index (χ0) is 37.2. The molecule has 12 nitrogen and oxygen atoms in total. The number of rotatable bonds is 16. The standard InChI is InChI=1S/C37H49N3O9SSi/c1-9-18-46-36(42)34-28(24(6)33-31(35(41)40(33)34)25(7)49-37(43)47-19-10-2)23-39-29-16-14-15-27-21-26(17-20-48-51(11-3,12-4)13-5)22-30(32(27)29)38(8)50(39,44)45/h9-10,14-16,21-22,24-25,31,33H,1-2,11-13,17-20,23H2,3-8H3/t24-,25+,31+,33+/m0/s1. The van der Waals surface area contributed by atoms with Crippen LogP contribution in [0.15, 0.2) is 66.9 Å². The van der Waals surface area contributed by atoms with Crippen LogP contribution in [0.4, 0.5) is 16.2 Å². The fraction of sp³-hybridized carbons (Fsp3) is 0.486. The lowest BCUT2D eigenvalue weighted by atomic mass is 9.77. The highest BCUT2D eigenvalue weighted by Gasteiger charge is 2.61. The van der Waals surface area contributed by atoms with Gasteiger partial charge in [0.05, 0.1) is 29.9 Å². The summed E-state index contributed by atoms with van der Waals surface area (Å²) in [5.41, 5.74) is 2.43. The average Bonchev–Trinajstić information content (AvgIpc) is 3.36. The smallest absolute Gasteiger partial charge is 0.457 e. The van der Waals surface area contributed by atoms with Crippen LogP contribution in [0.5, 0.6) is 0 Å². The van der Waals surface area contributed by atoms with Crippen LogP contribution >= 0.6 is 0 Å². The molecule has 0 N–H and O–H groups in total. The average molecular weight is 740 g/mol. The fourth-order valence-electron chi connectivity index (χ4n) is 7.62. The van der Waals surface area contributed by atoms with Gasteiger partial charge in [-0.15, -0.1) is 0 Å². The largest absolute Gasteiger partial charge is 0.508 e. The van der Waals surface area contributed by atoms with Gasteiger partial charge in [0.25, 0.3) is 0 Å². The normalized spacial score (nSPS) is 21.3. The molecule has 3 aliphatic heterocycles. The quantitative estimate of drug-likeness (QED) is 0.0868. The third-order valence-corrected chi connectivity index (χ3v) is 17.2. The van der Waals surface area contributed by atoms with Crippen molar-refractivity contribution >= 4 is 58.7 Å². The van der Waals surface area contributed by atoms with E-state index in [4.69, 9.17) is 18.6 Å². The lowest BCUT2D eigenvalue weighted by molar-refractivity contribution is -0.164. The highest BCUT2D eigenvalue weighted by atomic mass is 32.2. The molecule has 3 heterocycles. The Bertz CT molecular complexity index is 1850. The summed E-state index contributed by atoms with van der Waals surface area (Å²) in [4.78, 5) is 40.7. The van der Waals surface area contributed by atoms with Crippen molar-refractivity contribution < 1.29 is 41.4 Å². The first-order valence-corrected chi connectivity index (χ1v) is 21.5. The minimum atomic E-state index is -4.15. The van der Waals surface area contributed by atoms with Gasteiger partial charge >= 0.3 is 22.3 Å². The summed E-state index contributed by atoms with van der Waals surface area (Å²) in [6.07, 6.45) is 1.65. The Balaban J connectivity index is 1.50. The molecule has 0 aliphatic carbocycles. The summed E-state index contributed by atoms with van der Waals surface area (Å²) >= 11 is 0. The Morgan fingerprint density at radius 3 is 2.33 bits per heavy atom. The van der Waals surface area contributed by atoms with Gasteiger partial charge in [-0.2, -0.15) is 8.42 Å². The molecule has 14 heteroatoms. The number of nitrogens with zero attached hydrogens (tertiary/aromatic N) is 3. The molecular weight excluding hydrogens is 691 g/mol. The summed E-state index contributed by atoms with van der Waals surface area (Å²) in [6, 6.07) is 12.1. The van der Waals surface area contributed by atoms with E-state index in [9.17, 15) is 22.8 Å². The number of anilines is 2. The maximum atomic E-state index is 14.4. The number of hydrogen-bond acceptors (Lipinski definition) is 9. The van der Waals surface area contributed by atoms with Crippen LogP contribution in [-0.4, -0.2) is 85.2 Å². The van der Waals surface area contributed by atoms with Crippen LogP contribution < -0.4 is 8.61 Å². The molecule has 0 bridgehead atoms. The van der Waals surface area contributed by atoms with Crippen LogP contribution in [0, 0.1) is 11.8 Å². The third kappa shape index (κ3) is 6.80. The highest BCUT2D eigenvalue weighted by molar-refractivity contribution is 7.94. The van der Waals surface area contributed by atoms with Crippen molar-refractivity contribution in [1.29, 1.82) is 0 Å². The van der Waals surface area contributed by atoms with E-state index in [2.05, 4.69) is 40.0 Å². The Labute approximate surface area is 301 Å². The van der Waals surface area contributed by atoms with Crippen LogP contribution in [0.25, 0.3) is 10.8 Å². The van der Waals surface area contributed by atoms with Gasteiger partial charge in [-0.1, -0.05) is 71.2 Å². The van der Waals surface area contributed by atoms with E-state index in [0.717, 1.165) is 34.5 Å². The minimum Gasteiger partial charge on any atom is -0.457 e. The lowest BCUT2D eigenvalue weighted by Crippen LogP contribution is -2.64. The molecular formula is C37H49N3O9SSi. The van der Waals surface area contributed by atoms with Crippen molar-refractivity contribution in [2.45, 2.75) is 71.3 Å². The van der Waals surface area contributed by atoms with E-state index >= 15 is 0 Å². The van der Waals surface area contributed by atoms with Gasteiger partial charge in [-0.25, -0.2) is 13.9 Å². The number of carbonyl (C=O) groups is 3. The topological polar surface area (TPSA) is 132 Å². The molecule has 0 saturated carbocycles. The van der Waals surface area contributed by atoms with E-state index in [1.165, 1.54) is 32.7 Å². The Hall–Kier alpha value is -4.14. The predicted molar refractivity (Wildman–Crippen MR) is 199 cm³/mol. The van der Waals surface area contributed by atoms with E-state index in [0.29, 0.717) is 30.0 Å². The molecule has 1 saturated heterocycles. The van der Waals surface area contributed by atoms with Crippen molar-refractivity contribution in [3.63, 3.8) is 0 Å². The maximum absolute atomic E-state index is 14.4. The number of fused-ring (bicyclic) bond motifs is 1. The van der Waals surface area contributed by atoms with Crippen molar-refractivity contribution in [2.75, 3.05) is 42.0 Å². The summed E-state index contributed by atoms with van der Waals surface area (Å²) in [6.45, 7) is 17.3. The van der Waals surface area contributed by atoms with Gasteiger partial charge in [0, 0.05) is 25.0 Å². The Morgan fingerprint density at radius 2 is 1.69 bits per heavy atom. The molecule has 1 amide bonds. The van der Waals surface area contributed by atoms with Gasteiger partial charge in [0.2, 0.25) is 5.91 Å². The maximum Gasteiger partial charge on any atom is 0.508 e. The summed E-state index contributed by atoms with van der Waals surface area (Å²) in [5.74, 6) is -2.47. The van der Waals surface area contributed by atoms with Crippen molar-refractivity contribution in [2.24, 2.45) is 11.8 Å². The molecule has 51 heavy (non-hydrogen) atoms. The lowest BCUT2D eigenvalue weighted by Gasteiger charge is -2.47. The number of amides is 1. The zero-order valence-electron chi connectivity index (χ0n) is 30.3. The molecule has 3 aliphatic rings. The zero-order valence-corrected chi connectivity index (χ0v) is 32.2. The SMILES string of the molecule is C=CCOC(=O)O[C@H](C)[C@H]1C(=O)N2C(C(=O)OCC=C)=C(CN3c4cccc5cc(CCO[Si](CC)(CC)CC)cc(c45)N(C)S3(=O)=O)[C@H](C)[C@H]12. The summed E-state index contributed by atoms with van der Waals surface area (Å²) < 4.78 is 53.6. The van der Waals surface area contributed by atoms with Gasteiger partial charge in [-0.3, -0.25) is 9.10 Å². The van der Waals surface area contributed by atoms with E-state index in [1.807, 2.05) is 25.1 Å². The van der Waals surface area contributed by atoms with Gasteiger partial charge in [0.1, 0.15) is 25.0 Å². The third-order valence-electron chi connectivity index (χ3n) is 10.7. The van der Waals surface area contributed by atoms with Crippen LogP contribution in [0.1, 0.15) is 40.2 Å². The van der Waals surface area contributed by atoms with Crippen molar-refractivity contribution in [3.8, 4) is 0 Å². The first kappa shape index (κ1) is 38.1. The number of esters is 1.